The number of hydrogen-bond acceptors (Lipinski definition) is 4. The second-order valence-corrected chi connectivity index (χ2v) is 10.9. The predicted molar refractivity (Wildman–Crippen MR) is 88.8 cm³/mol. The lowest BCUT2D eigenvalue weighted by molar-refractivity contribution is 0.265. The van der Waals surface area contributed by atoms with Crippen molar-refractivity contribution in [2.75, 3.05) is 14.2 Å². The third-order valence-corrected chi connectivity index (χ3v) is 8.73. The molecule has 0 atom stereocenters. The molecular formula is C16H15F5O4SSi. The van der Waals surface area contributed by atoms with Crippen molar-refractivity contribution in [1.29, 1.82) is 0 Å². The minimum atomic E-state index is -4.84. The molecule has 0 spiro atoms. The minimum absolute atomic E-state index is 0.0891. The summed E-state index contributed by atoms with van der Waals surface area (Å²) >= 11 is 0. The van der Waals surface area contributed by atoms with Gasteiger partial charge in [0, 0.05) is 14.2 Å². The molecule has 0 aromatic heterocycles. The molecule has 27 heavy (non-hydrogen) atoms. The van der Waals surface area contributed by atoms with Gasteiger partial charge in [0.05, 0.1) is 5.75 Å². The Morgan fingerprint density at radius 2 is 1.22 bits per heavy atom. The average Bonchev–Trinajstić information content (AvgIpc) is 2.64. The summed E-state index contributed by atoms with van der Waals surface area (Å²) in [6, 6.07) is 5.73. The van der Waals surface area contributed by atoms with Gasteiger partial charge < -0.3 is 8.85 Å². The third-order valence-electron chi connectivity index (χ3n) is 4.09. The number of sulfone groups is 1. The van der Waals surface area contributed by atoms with Crippen LogP contribution in [0.5, 0.6) is 0 Å². The summed E-state index contributed by atoms with van der Waals surface area (Å²) in [5.74, 6) is -12.8. The number of hydrogen-bond donors (Lipinski definition) is 0. The molecule has 4 nitrogen and oxygen atoms in total. The van der Waals surface area contributed by atoms with Gasteiger partial charge in [-0.05, 0) is 17.3 Å². The van der Waals surface area contributed by atoms with Crippen LogP contribution in [0.3, 0.4) is 0 Å². The van der Waals surface area contributed by atoms with E-state index in [0.717, 1.165) is 0 Å². The summed E-state index contributed by atoms with van der Waals surface area (Å²) in [5, 5.41) is 0.657. The summed E-state index contributed by atoms with van der Waals surface area (Å²) < 4.78 is 102. The molecule has 0 aliphatic carbocycles. The largest absolute Gasteiger partial charge is 0.394 e. The Hall–Kier alpha value is -1.82. The van der Waals surface area contributed by atoms with Crippen LogP contribution in [-0.4, -0.2) is 31.2 Å². The molecule has 148 valence electrons. The maximum atomic E-state index is 13.8. The normalized spacial score (nSPS) is 12.4. The first-order chi connectivity index (χ1) is 12.5. The zero-order valence-electron chi connectivity index (χ0n) is 14.4. The lowest BCUT2D eigenvalue weighted by Crippen LogP contribution is -2.49. The molecule has 0 heterocycles. The fourth-order valence-corrected chi connectivity index (χ4v) is 5.28. The molecule has 0 radical (unpaired) electrons. The summed E-state index contributed by atoms with van der Waals surface area (Å²) in [5.41, 5.74) is 0.0891. The fraction of sp³-hybridized carbons (Fsp3) is 0.250. The first kappa shape index (κ1) is 21.5. The van der Waals surface area contributed by atoms with Gasteiger partial charge in [-0.25, -0.2) is 30.4 Å². The van der Waals surface area contributed by atoms with E-state index in [4.69, 9.17) is 8.85 Å². The Morgan fingerprint density at radius 1 is 0.815 bits per heavy atom. The first-order valence-electron chi connectivity index (χ1n) is 7.42. The number of rotatable bonds is 6. The molecule has 0 amide bonds. The van der Waals surface area contributed by atoms with Crippen LogP contribution in [-0.2, 0) is 24.4 Å². The Balaban J connectivity index is 2.44. The summed E-state index contributed by atoms with van der Waals surface area (Å²) in [7, 11) is -4.60. The second-order valence-electron chi connectivity index (χ2n) is 5.71. The molecule has 0 aliphatic heterocycles. The van der Waals surface area contributed by atoms with Crippen molar-refractivity contribution in [3.63, 3.8) is 0 Å². The van der Waals surface area contributed by atoms with Gasteiger partial charge in [-0.1, -0.05) is 24.3 Å². The van der Waals surface area contributed by atoms with Crippen LogP contribution in [0, 0.1) is 29.1 Å². The highest BCUT2D eigenvalue weighted by atomic mass is 32.2. The van der Waals surface area contributed by atoms with Crippen molar-refractivity contribution >= 4 is 23.6 Å². The number of halogens is 5. The summed E-state index contributed by atoms with van der Waals surface area (Å²) in [6.07, 6.45) is 0. The van der Waals surface area contributed by atoms with Crippen LogP contribution < -0.4 is 5.19 Å². The average molecular weight is 426 g/mol. The highest BCUT2D eigenvalue weighted by molar-refractivity contribution is 7.90. The van der Waals surface area contributed by atoms with Crippen molar-refractivity contribution in [3.8, 4) is 0 Å². The van der Waals surface area contributed by atoms with Crippen LogP contribution in [0.15, 0.2) is 29.2 Å². The Kier molecular flexibility index (Phi) is 6.09. The van der Waals surface area contributed by atoms with Crippen molar-refractivity contribution in [3.05, 3.63) is 58.9 Å². The second kappa shape index (κ2) is 7.66. The van der Waals surface area contributed by atoms with Crippen LogP contribution in [0.2, 0.25) is 6.55 Å². The van der Waals surface area contributed by atoms with Gasteiger partial charge in [-0.15, -0.1) is 0 Å². The molecule has 0 aliphatic rings. The van der Waals surface area contributed by atoms with Gasteiger partial charge >= 0.3 is 8.56 Å². The summed E-state index contributed by atoms with van der Waals surface area (Å²) in [6.45, 7) is 1.74. The van der Waals surface area contributed by atoms with Crippen LogP contribution in [0.25, 0.3) is 0 Å². The smallest absolute Gasteiger partial charge is 0.368 e. The Labute approximate surface area is 153 Å². The van der Waals surface area contributed by atoms with E-state index in [2.05, 4.69) is 0 Å². The third kappa shape index (κ3) is 3.91. The lowest BCUT2D eigenvalue weighted by Gasteiger charge is -2.23. The maximum Gasteiger partial charge on any atom is 0.368 e. The quantitative estimate of drug-likeness (QED) is 0.234. The van der Waals surface area contributed by atoms with E-state index in [1.165, 1.54) is 38.5 Å². The minimum Gasteiger partial charge on any atom is -0.394 e. The molecule has 2 rings (SSSR count). The van der Waals surface area contributed by atoms with Crippen LogP contribution >= 0.6 is 0 Å². The van der Waals surface area contributed by atoms with Crippen LogP contribution in [0.4, 0.5) is 22.0 Å². The molecule has 2 aromatic carbocycles. The van der Waals surface area contributed by atoms with E-state index in [0.29, 0.717) is 5.19 Å². The van der Waals surface area contributed by atoms with E-state index < -0.39 is 58.1 Å². The van der Waals surface area contributed by atoms with Crippen molar-refractivity contribution in [1.82, 2.24) is 0 Å². The highest BCUT2D eigenvalue weighted by Gasteiger charge is 2.34. The molecular weight excluding hydrogens is 411 g/mol. The van der Waals surface area contributed by atoms with E-state index >= 15 is 0 Å². The molecule has 11 heteroatoms. The van der Waals surface area contributed by atoms with Gasteiger partial charge in [-0.3, -0.25) is 0 Å². The topological polar surface area (TPSA) is 52.6 Å². The van der Waals surface area contributed by atoms with E-state index in [1.807, 2.05) is 0 Å². The lowest BCUT2D eigenvalue weighted by atomic mass is 10.2. The predicted octanol–water partition coefficient (Wildman–Crippen LogP) is 2.93. The molecule has 0 unspecified atom stereocenters. The fourth-order valence-electron chi connectivity index (χ4n) is 2.37. The van der Waals surface area contributed by atoms with Crippen molar-refractivity contribution in [2.24, 2.45) is 0 Å². The van der Waals surface area contributed by atoms with Gasteiger partial charge in [0.1, 0.15) is 4.90 Å². The van der Waals surface area contributed by atoms with Gasteiger partial charge in [0.15, 0.2) is 33.1 Å². The molecule has 0 N–H and O–H groups in total. The molecule has 0 bridgehead atoms. The molecule has 0 saturated heterocycles. The van der Waals surface area contributed by atoms with E-state index in [1.54, 1.807) is 6.55 Å². The molecule has 0 saturated carbocycles. The van der Waals surface area contributed by atoms with Gasteiger partial charge in [-0.2, -0.15) is 0 Å². The monoisotopic (exact) mass is 426 g/mol. The van der Waals surface area contributed by atoms with E-state index in [-0.39, 0.29) is 5.56 Å². The summed E-state index contributed by atoms with van der Waals surface area (Å²) in [4.78, 5) is -1.85. The van der Waals surface area contributed by atoms with Gasteiger partial charge in [0.25, 0.3) is 0 Å². The van der Waals surface area contributed by atoms with Gasteiger partial charge in [0.2, 0.25) is 5.82 Å². The van der Waals surface area contributed by atoms with Crippen molar-refractivity contribution < 1.29 is 39.2 Å². The molecule has 2 aromatic rings. The zero-order valence-corrected chi connectivity index (χ0v) is 16.3. The zero-order chi connectivity index (χ0) is 20.6. The Bertz CT molecular complexity index is 931. The maximum absolute atomic E-state index is 13.8. The first-order valence-corrected chi connectivity index (χ1v) is 11.4. The SMILES string of the molecule is CO[Si](C)(OC)c1ccc(CS(=O)(=O)c2c(F)c(F)c(F)c(F)c2F)cc1. The Morgan fingerprint density at radius 3 is 1.63 bits per heavy atom. The standard InChI is InChI=1S/C16H15F5O4SSi/c1-24-27(3,25-2)10-6-4-9(5-7-10)8-26(22,23)16-14(20)12(18)11(17)13(19)15(16)21/h4-7H,8H2,1-3H3. The van der Waals surface area contributed by atoms with Crippen LogP contribution in [0.1, 0.15) is 5.56 Å². The molecule has 0 fully saturated rings. The van der Waals surface area contributed by atoms with Crippen molar-refractivity contribution in [2.45, 2.75) is 17.2 Å². The number of benzene rings is 2. The van der Waals surface area contributed by atoms with E-state index in [9.17, 15) is 30.4 Å². The highest BCUT2D eigenvalue weighted by Crippen LogP contribution is 2.29.